The Morgan fingerprint density at radius 1 is 1.44 bits per heavy atom. The van der Waals surface area contributed by atoms with Crippen LogP contribution in [-0.2, 0) is 4.79 Å². The molecule has 2 amide bonds. The van der Waals surface area contributed by atoms with Crippen molar-refractivity contribution in [1.82, 2.24) is 10.2 Å². The molecule has 1 aliphatic rings. The third-order valence-electron chi connectivity index (χ3n) is 3.14. The van der Waals surface area contributed by atoms with Gasteiger partial charge in [0.05, 0.1) is 5.92 Å². The number of hydrogen-bond acceptors (Lipinski definition) is 2. The maximum absolute atomic E-state index is 11.8. The molecule has 2 N–H and O–H groups in total. The van der Waals surface area contributed by atoms with Crippen molar-refractivity contribution in [3.8, 4) is 0 Å². The highest BCUT2D eigenvalue weighted by molar-refractivity contribution is 5.77. The number of nitrogens with zero attached hydrogens (tertiary/aromatic N) is 1. The molecule has 0 aromatic carbocycles. The summed E-state index contributed by atoms with van der Waals surface area (Å²) in [4.78, 5) is 24.1. The second kappa shape index (κ2) is 5.72. The number of hydrogen-bond donors (Lipinski definition) is 2. The first-order valence-electron chi connectivity index (χ1n) is 5.86. The van der Waals surface area contributed by atoms with E-state index in [0.29, 0.717) is 19.5 Å². The Morgan fingerprint density at radius 3 is 2.50 bits per heavy atom. The van der Waals surface area contributed by atoms with Crippen LogP contribution in [-0.4, -0.2) is 41.1 Å². The molecule has 0 radical (unpaired) electrons. The van der Waals surface area contributed by atoms with Gasteiger partial charge in [0.2, 0.25) is 0 Å². The summed E-state index contributed by atoms with van der Waals surface area (Å²) in [6.07, 6.45) is 2.36. The molecule has 1 saturated heterocycles. The van der Waals surface area contributed by atoms with E-state index in [1.54, 1.807) is 4.90 Å². The summed E-state index contributed by atoms with van der Waals surface area (Å²) in [5.41, 5.74) is 0. The minimum absolute atomic E-state index is 0.127. The molecule has 1 rings (SSSR count). The third-order valence-corrected chi connectivity index (χ3v) is 3.14. The summed E-state index contributed by atoms with van der Waals surface area (Å²) < 4.78 is 0. The average molecular weight is 228 g/mol. The van der Waals surface area contributed by atoms with Crippen molar-refractivity contribution in [2.45, 2.75) is 39.2 Å². The van der Waals surface area contributed by atoms with Gasteiger partial charge in [-0.3, -0.25) is 4.79 Å². The van der Waals surface area contributed by atoms with E-state index in [1.807, 2.05) is 13.8 Å². The number of carboxylic acid groups (broad SMARTS) is 1. The molecule has 1 aliphatic heterocycles. The second-order valence-electron chi connectivity index (χ2n) is 4.23. The van der Waals surface area contributed by atoms with Crippen LogP contribution in [0.2, 0.25) is 0 Å². The summed E-state index contributed by atoms with van der Waals surface area (Å²) in [6.45, 7) is 4.93. The van der Waals surface area contributed by atoms with Crippen molar-refractivity contribution in [2.75, 3.05) is 13.1 Å². The number of amides is 2. The van der Waals surface area contributed by atoms with Gasteiger partial charge >= 0.3 is 12.0 Å². The number of likely N-dealkylation sites (tertiary alicyclic amines) is 1. The van der Waals surface area contributed by atoms with E-state index >= 15 is 0 Å². The molecule has 92 valence electrons. The molecule has 0 aliphatic carbocycles. The monoisotopic (exact) mass is 228 g/mol. The van der Waals surface area contributed by atoms with Crippen molar-refractivity contribution in [1.29, 1.82) is 0 Å². The van der Waals surface area contributed by atoms with Gasteiger partial charge in [-0.1, -0.05) is 13.8 Å². The fourth-order valence-corrected chi connectivity index (χ4v) is 1.91. The van der Waals surface area contributed by atoms with Gasteiger partial charge in [-0.05, 0) is 19.3 Å². The lowest BCUT2D eigenvalue weighted by molar-refractivity contribution is -0.141. The molecular weight excluding hydrogens is 208 g/mol. The van der Waals surface area contributed by atoms with E-state index in [9.17, 15) is 9.59 Å². The number of carboxylic acids is 1. The Labute approximate surface area is 95.8 Å². The third kappa shape index (κ3) is 3.12. The minimum atomic E-state index is -0.808. The Kier molecular flexibility index (Phi) is 4.58. The van der Waals surface area contributed by atoms with E-state index in [-0.39, 0.29) is 12.1 Å². The number of aliphatic carboxylic acids is 1. The highest BCUT2D eigenvalue weighted by Crippen LogP contribution is 2.16. The fourth-order valence-electron chi connectivity index (χ4n) is 1.91. The first-order valence-corrected chi connectivity index (χ1v) is 5.86. The molecule has 1 heterocycles. The van der Waals surface area contributed by atoms with Crippen molar-refractivity contribution < 1.29 is 14.7 Å². The van der Waals surface area contributed by atoms with Crippen LogP contribution >= 0.6 is 0 Å². The molecular formula is C11H20N2O3. The summed E-state index contributed by atoms with van der Waals surface area (Å²) in [5, 5.41) is 11.7. The van der Waals surface area contributed by atoms with Crippen LogP contribution in [0.3, 0.4) is 0 Å². The highest BCUT2D eigenvalue weighted by Gasteiger charge is 2.31. The molecule has 5 heteroatoms. The summed E-state index contributed by atoms with van der Waals surface area (Å²) in [6, 6.07) is 0.0637. The topological polar surface area (TPSA) is 69.6 Å². The summed E-state index contributed by atoms with van der Waals surface area (Å²) in [5.74, 6) is -1.20. The predicted molar refractivity (Wildman–Crippen MR) is 60.2 cm³/mol. The lowest BCUT2D eigenvalue weighted by Crippen LogP contribution is -2.43. The van der Waals surface area contributed by atoms with E-state index in [4.69, 9.17) is 5.11 Å². The van der Waals surface area contributed by atoms with Gasteiger partial charge in [0.25, 0.3) is 0 Å². The van der Waals surface area contributed by atoms with E-state index in [0.717, 1.165) is 12.8 Å². The van der Waals surface area contributed by atoms with Crippen LogP contribution < -0.4 is 5.32 Å². The molecule has 1 fully saturated rings. The van der Waals surface area contributed by atoms with Crippen LogP contribution in [0, 0.1) is 5.92 Å². The molecule has 1 unspecified atom stereocenters. The largest absolute Gasteiger partial charge is 0.481 e. The Hall–Kier alpha value is -1.26. The van der Waals surface area contributed by atoms with Gasteiger partial charge in [-0.15, -0.1) is 0 Å². The zero-order valence-electron chi connectivity index (χ0n) is 9.90. The van der Waals surface area contributed by atoms with Crippen LogP contribution in [0.1, 0.15) is 33.1 Å². The van der Waals surface area contributed by atoms with E-state index < -0.39 is 11.9 Å². The molecule has 0 aromatic heterocycles. The van der Waals surface area contributed by atoms with Crippen molar-refractivity contribution in [3.63, 3.8) is 0 Å². The first-order chi connectivity index (χ1) is 7.58. The summed E-state index contributed by atoms with van der Waals surface area (Å²) in [7, 11) is 0. The smallest absolute Gasteiger partial charge is 0.317 e. The van der Waals surface area contributed by atoms with Crippen molar-refractivity contribution in [2.24, 2.45) is 5.92 Å². The van der Waals surface area contributed by atoms with E-state index in [1.165, 1.54) is 0 Å². The van der Waals surface area contributed by atoms with Gasteiger partial charge < -0.3 is 15.3 Å². The second-order valence-corrected chi connectivity index (χ2v) is 4.23. The zero-order valence-corrected chi connectivity index (χ0v) is 9.90. The van der Waals surface area contributed by atoms with Gasteiger partial charge in [-0.2, -0.15) is 0 Å². The number of rotatable bonds is 4. The SMILES string of the molecule is CCC(CC)NC(=O)N1CCC(C(=O)O)C1. The summed E-state index contributed by atoms with van der Waals surface area (Å²) >= 11 is 0. The van der Waals surface area contributed by atoms with E-state index in [2.05, 4.69) is 5.32 Å². The van der Waals surface area contributed by atoms with Crippen molar-refractivity contribution in [3.05, 3.63) is 0 Å². The van der Waals surface area contributed by atoms with Crippen LogP contribution in [0.25, 0.3) is 0 Å². The number of nitrogens with one attached hydrogen (secondary N) is 1. The van der Waals surface area contributed by atoms with Gasteiger partial charge in [-0.25, -0.2) is 4.79 Å². The van der Waals surface area contributed by atoms with Crippen LogP contribution in [0.15, 0.2) is 0 Å². The maximum Gasteiger partial charge on any atom is 0.317 e. The zero-order chi connectivity index (χ0) is 12.1. The standard InChI is InChI=1S/C11H20N2O3/c1-3-9(4-2)12-11(16)13-6-5-8(7-13)10(14)15/h8-9H,3-7H2,1-2H3,(H,12,16)(H,14,15). The van der Waals surface area contributed by atoms with Crippen molar-refractivity contribution >= 4 is 12.0 Å². The van der Waals surface area contributed by atoms with Crippen LogP contribution in [0.4, 0.5) is 4.79 Å². The lowest BCUT2D eigenvalue weighted by atomic mass is 10.1. The van der Waals surface area contributed by atoms with Crippen LogP contribution in [0.5, 0.6) is 0 Å². The molecule has 16 heavy (non-hydrogen) atoms. The average Bonchev–Trinajstić information content (AvgIpc) is 2.74. The van der Waals surface area contributed by atoms with Gasteiger partial charge in [0.1, 0.15) is 0 Å². The normalized spacial score (nSPS) is 20.2. The highest BCUT2D eigenvalue weighted by atomic mass is 16.4. The first kappa shape index (κ1) is 12.8. The molecule has 0 saturated carbocycles. The minimum Gasteiger partial charge on any atom is -0.481 e. The maximum atomic E-state index is 11.8. The fraction of sp³-hybridized carbons (Fsp3) is 0.818. The number of carbonyl (C=O) groups excluding carboxylic acids is 1. The predicted octanol–water partition coefficient (Wildman–Crippen LogP) is 1.29. The lowest BCUT2D eigenvalue weighted by Gasteiger charge is -2.21. The van der Waals surface area contributed by atoms with Gasteiger partial charge in [0, 0.05) is 19.1 Å². The molecule has 0 bridgehead atoms. The molecule has 1 atom stereocenters. The Morgan fingerprint density at radius 2 is 2.06 bits per heavy atom. The molecule has 0 aromatic rings. The quantitative estimate of drug-likeness (QED) is 0.761. The number of carbonyl (C=O) groups is 2. The Bertz CT molecular complexity index is 264. The molecule has 0 spiro atoms. The Balaban J connectivity index is 2.41. The molecule has 5 nitrogen and oxygen atoms in total. The number of urea groups is 1. The van der Waals surface area contributed by atoms with Gasteiger partial charge in [0.15, 0.2) is 0 Å².